The van der Waals surface area contributed by atoms with Crippen LogP contribution in [0.25, 0.3) is 0 Å². The Kier molecular flexibility index (Phi) is 5.73. The van der Waals surface area contributed by atoms with Crippen LogP contribution in [0.4, 0.5) is 0 Å². The van der Waals surface area contributed by atoms with Gasteiger partial charge in [0.2, 0.25) is 5.88 Å². The van der Waals surface area contributed by atoms with Crippen molar-refractivity contribution in [1.29, 1.82) is 0 Å². The Morgan fingerprint density at radius 1 is 1.44 bits per heavy atom. The fourth-order valence-electron chi connectivity index (χ4n) is 2.96. The first-order valence-electron chi connectivity index (χ1n) is 8.68. The SMILES string of the molecule is CC(C)c1[nH]nc(C(=O)NCc2cccnc2OC2CCCC2)c1Br. The third-order valence-corrected chi connectivity index (χ3v) is 5.20. The lowest BCUT2D eigenvalue weighted by Crippen LogP contribution is -2.24. The van der Waals surface area contributed by atoms with E-state index in [4.69, 9.17) is 4.74 Å². The summed E-state index contributed by atoms with van der Waals surface area (Å²) in [7, 11) is 0. The minimum atomic E-state index is -0.231. The summed E-state index contributed by atoms with van der Waals surface area (Å²) >= 11 is 3.46. The Hall–Kier alpha value is -1.89. The number of nitrogens with zero attached hydrogens (tertiary/aromatic N) is 2. The normalized spacial score (nSPS) is 14.9. The van der Waals surface area contributed by atoms with Gasteiger partial charge in [0.15, 0.2) is 5.69 Å². The van der Waals surface area contributed by atoms with Gasteiger partial charge < -0.3 is 10.1 Å². The molecule has 2 aromatic rings. The molecule has 0 aliphatic heterocycles. The average Bonchev–Trinajstić information content (AvgIpc) is 3.23. The molecule has 0 saturated heterocycles. The second kappa shape index (κ2) is 7.99. The quantitative estimate of drug-likeness (QED) is 0.760. The Labute approximate surface area is 155 Å². The number of pyridine rings is 1. The van der Waals surface area contributed by atoms with Crippen LogP contribution < -0.4 is 10.1 Å². The number of ether oxygens (including phenoxy) is 1. The van der Waals surface area contributed by atoms with E-state index < -0.39 is 0 Å². The molecule has 0 aromatic carbocycles. The number of nitrogens with one attached hydrogen (secondary N) is 2. The maximum atomic E-state index is 12.4. The summed E-state index contributed by atoms with van der Waals surface area (Å²) in [5.74, 6) is 0.637. The van der Waals surface area contributed by atoms with Crippen LogP contribution >= 0.6 is 15.9 Å². The van der Waals surface area contributed by atoms with Gasteiger partial charge in [-0.3, -0.25) is 9.89 Å². The van der Waals surface area contributed by atoms with Crippen molar-refractivity contribution in [2.45, 2.75) is 58.1 Å². The number of carbonyl (C=O) groups is 1. The Morgan fingerprint density at radius 3 is 2.88 bits per heavy atom. The van der Waals surface area contributed by atoms with Gasteiger partial charge in [0.1, 0.15) is 6.10 Å². The number of carbonyl (C=O) groups excluding carboxylic acids is 1. The Balaban J connectivity index is 1.66. The zero-order valence-electron chi connectivity index (χ0n) is 14.5. The minimum Gasteiger partial charge on any atom is -0.474 e. The first kappa shape index (κ1) is 17.9. The highest BCUT2D eigenvalue weighted by Crippen LogP contribution is 2.26. The number of hydrogen-bond acceptors (Lipinski definition) is 4. The lowest BCUT2D eigenvalue weighted by atomic mass is 10.1. The number of aromatic amines is 1. The molecule has 2 aromatic heterocycles. The van der Waals surface area contributed by atoms with Gasteiger partial charge in [-0.15, -0.1) is 0 Å². The smallest absolute Gasteiger partial charge is 0.273 e. The van der Waals surface area contributed by atoms with Crippen molar-refractivity contribution in [2.24, 2.45) is 0 Å². The molecule has 0 atom stereocenters. The van der Waals surface area contributed by atoms with Crippen LogP contribution in [0.2, 0.25) is 0 Å². The molecule has 0 radical (unpaired) electrons. The van der Waals surface area contributed by atoms with Gasteiger partial charge in [-0.05, 0) is 53.6 Å². The molecule has 7 heteroatoms. The molecule has 0 spiro atoms. The number of halogens is 1. The Morgan fingerprint density at radius 2 is 2.20 bits per heavy atom. The van der Waals surface area contributed by atoms with Crippen molar-refractivity contribution in [1.82, 2.24) is 20.5 Å². The number of hydrogen-bond donors (Lipinski definition) is 2. The molecule has 134 valence electrons. The highest BCUT2D eigenvalue weighted by molar-refractivity contribution is 9.10. The number of rotatable bonds is 6. The molecule has 3 rings (SSSR count). The van der Waals surface area contributed by atoms with E-state index in [2.05, 4.69) is 36.4 Å². The van der Waals surface area contributed by atoms with E-state index >= 15 is 0 Å². The molecule has 25 heavy (non-hydrogen) atoms. The highest BCUT2D eigenvalue weighted by atomic mass is 79.9. The highest BCUT2D eigenvalue weighted by Gasteiger charge is 2.21. The summed E-state index contributed by atoms with van der Waals surface area (Å²) in [6.07, 6.45) is 6.50. The molecule has 1 aliphatic carbocycles. The summed E-state index contributed by atoms with van der Waals surface area (Å²) in [5, 5.41) is 9.94. The van der Waals surface area contributed by atoms with Gasteiger partial charge in [0, 0.05) is 18.3 Å². The molecule has 1 amide bonds. The monoisotopic (exact) mass is 406 g/mol. The van der Waals surface area contributed by atoms with Gasteiger partial charge in [-0.25, -0.2) is 4.98 Å². The van der Waals surface area contributed by atoms with Gasteiger partial charge in [0.25, 0.3) is 5.91 Å². The van der Waals surface area contributed by atoms with E-state index in [-0.39, 0.29) is 17.9 Å². The van der Waals surface area contributed by atoms with Crippen molar-refractivity contribution in [2.75, 3.05) is 0 Å². The van der Waals surface area contributed by atoms with E-state index in [0.29, 0.717) is 22.6 Å². The second-order valence-electron chi connectivity index (χ2n) is 6.63. The molecule has 6 nitrogen and oxygen atoms in total. The zero-order chi connectivity index (χ0) is 17.8. The van der Waals surface area contributed by atoms with Crippen molar-refractivity contribution in [3.05, 3.63) is 39.8 Å². The number of amides is 1. The van der Waals surface area contributed by atoms with Crippen LogP contribution in [-0.4, -0.2) is 27.2 Å². The molecule has 0 bridgehead atoms. The fraction of sp³-hybridized carbons (Fsp3) is 0.500. The first-order valence-corrected chi connectivity index (χ1v) is 9.48. The number of aromatic nitrogens is 3. The van der Waals surface area contributed by atoms with Crippen LogP contribution in [0.1, 0.15) is 67.2 Å². The summed E-state index contributed by atoms with van der Waals surface area (Å²) < 4.78 is 6.73. The van der Waals surface area contributed by atoms with E-state index in [1.165, 1.54) is 12.8 Å². The molecule has 1 saturated carbocycles. The van der Waals surface area contributed by atoms with Gasteiger partial charge in [-0.1, -0.05) is 19.9 Å². The molecular formula is C18H23BrN4O2. The van der Waals surface area contributed by atoms with Crippen LogP contribution in [-0.2, 0) is 6.54 Å². The standard InChI is InChI=1S/C18H23BrN4O2/c1-11(2)15-14(19)16(23-22-15)17(24)21-10-12-6-5-9-20-18(12)25-13-7-3-4-8-13/h5-6,9,11,13H,3-4,7-8,10H2,1-2H3,(H,21,24)(H,22,23). The molecule has 2 heterocycles. The first-order chi connectivity index (χ1) is 12.1. The topological polar surface area (TPSA) is 79.9 Å². The average molecular weight is 407 g/mol. The zero-order valence-corrected chi connectivity index (χ0v) is 16.1. The summed E-state index contributed by atoms with van der Waals surface area (Å²) in [6, 6.07) is 3.78. The second-order valence-corrected chi connectivity index (χ2v) is 7.42. The third-order valence-electron chi connectivity index (χ3n) is 4.39. The largest absolute Gasteiger partial charge is 0.474 e. The van der Waals surface area contributed by atoms with Crippen molar-refractivity contribution < 1.29 is 9.53 Å². The van der Waals surface area contributed by atoms with Crippen LogP contribution in [0, 0.1) is 0 Å². The van der Waals surface area contributed by atoms with Crippen LogP contribution in [0.3, 0.4) is 0 Å². The van der Waals surface area contributed by atoms with Gasteiger partial charge in [-0.2, -0.15) is 5.10 Å². The molecule has 1 fully saturated rings. The predicted octanol–water partition coefficient (Wildman–Crippen LogP) is 3.94. The minimum absolute atomic E-state index is 0.231. The predicted molar refractivity (Wildman–Crippen MR) is 98.7 cm³/mol. The third kappa shape index (κ3) is 4.21. The van der Waals surface area contributed by atoms with Gasteiger partial charge in [0.05, 0.1) is 10.2 Å². The summed E-state index contributed by atoms with van der Waals surface area (Å²) in [6.45, 7) is 4.44. The lowest BCUT2D eigenvalue weighted by Gasteiger charge is -2.15. The van der Waals surface area contributed by atoms with E-state index in [1.54, 1.807) is 6.20 Å². The Bertz CT molecular complexity index is 738. The van der Waals surface area contributed by atoms with E-state index in [9.17, 15) is 4.79 Å². The number of H-pyrrole nitrogens is 1. The van der Waals surface area contributed by atoms with Crippen LogP contribution in [0.15, 0.2) is 22.8 Å². The molecule has 1 aliphatic rings. The van der Waals surface area contributed by atoms with Crippen molar-refractivity contribution >= 4 is 21.8 Å². The van der Waals surface area contributed by atoms with Gasteiger partial charge >= 0.3 is 0 Å². The molecular weight excluding hydrogens is 384 g/mol. The van der Waals surface area contributed by atoms with E-state index in [0.717, 1.165) is 24.1 Å². The van der Waals surface area contributed by atoms with Crippen molar-refractivity contribution in [3.63, 3.8) is 0 Å². The summed E-state index contributed by atoms with van der Waals surface area (Å²) in [4.78, 5) is 16.8. The molecule has 0 unspecified atom stereocenters. The summed E-state index contributed by atoms with van der Waals surface area (Å²) in [5.41, 5.74) is 2.15. The fourth-order valence-corrected chi connectivity index (χ4v) is 3.78. The maximum Gasteiger partial charge on any atom is 0.273 e. The van der Waals surface area contributed by atoms with E-state index in [1.807, 2.05) is 26.0 Å². The van der Waals surface area contributed by atoms with Crippen LogP contribution in [0.5, 0.6) is 5.88 Å². The maximum absolute atomic E-state index is 12.4. The molecule has 2 N–H and O–H groups in total. The van der Waals surface area contributed by atoms with Crippen molar-refractivity contribution in [3.8, 4) is 5.88 Å². The lowest BCUT2D eigenvalue weighted by molar-refractivity contribution is 0.0944.